The molecule has 0 saturated carbocycles. The summed E-state index contributed by atoms with van der Waals surface area (Å²) in [6.07, 6.45) is -0.370. The van der Waals surface area contributed by atoms with Crippen LogP contribution in [0.15, 0.2) is 36.5 Å². The molecule has 1 amide bonds. The van der Waals surface area contributed by atoms with Crippen LogP contribution in [-0.2, 0) is 24.1 Å². The van der Waals surface area contributed by atoms with Gasteiger partial charge in [-0.25, -0.2) is 9.24 Å². The molecule has 38 heavy (non-hydrogen) atoms. The fourth-order valence-corrected chi connectivity index (χ4v) is 5.83. The number of nitrogens with zero attached hydrogens (tertiary/aromatic N) is 5. The molecule has 1 aliphatic heterocycles. The molecule has 4 rings (SSSR count). The lowest BCUT2D eigenvalue weighted by Crippen LogP contribution is -2.37. The number of hydrogen-bond donors (Lipinski definition) is 0. The number of likely N-dealkylation sites (N-methyl/N-ethyl adjacent to an activating group) is 1. The summed E-state index contributed by atoms with van der Waals surface area (Å²) in [5.74, 6) is -1.73. The number of rotatable bonds is 6. The summed E-state index contributed by atoms with van der Waals surface area (Å²) in [6.45, 7) is 10.1. The number of halogens is 5. The number of aryl methyl sites for hydroxylation is 1. The van der Waals surface area contributed by atoms with Gasteiger partial charge in [-0.2, -0.15) is 29.6 Å². The van der Waals surface area contributed by atoms with Crippen molar-refractivity contribution in [3.63, 3.8) is 0 Å². The number of aromatic nitrogens is 2. The molecule has 200 valence electrons. The standard InChI is InChI=1S/C26H24ClF4N5OS/c1-5-36-13-19(25(33-36)26(29,30)31)24-17(9-15(28)10-20(24)27)18-12-35(23(37)7-6-8-34(3)4)14-21-16(18)11-22(32-2)38-21/h6-7,9-11,13,18H,5,8,12,14H2,1,3-4H3/b7-6+. The maximum absolute atomic E-state index is 14.8. The van der Waals surface area contributed by atoms with E-state index in [1.165, 1.54) is 23.6 Å². The van der Waals surface area contributed by atoms with Crippen LogP contribution in [0.5, 0.6) is 0 Å². The Morgan fingerprint density at radius 1 is 1.32 bits per heavy atom. The van der Waals surface area contributed by atoms with E-state index in [-0.39, 0.29) is 47.3 Å². The van der Waals surface area contributed by atoms with E-state index in [4.69, 9.17) is 18.2 Å². The van der Waals surface area contributed by atoms with E-state index in [1.807, 2.05) is 19.0 Å². The van der Waals surface area contributed by atoms with E-state index in [1.54, 1.807) is 24.0 Å². The van der Waals surface area contributed by atoms with Crippen LogP contribution in [0.2, 0.25) is 5.02 Å². The zero-order chi connectivity index (χ0) is 27.8. The SMILES string of the molecule is [C-]#[N+]c1cc2c(s1)CN(C(=O)/C=C/CN(C)C)CC2c1cc(F)cc(Cl)c1-c1cn(CC)nc1C(F)(F)F. The first-order valence-electron chi connectivity index (χ1n) is 11.7. The predicted molar refractivity (Wildman–Crippen MR) is 139 cm³/mol. The van der Waals surface area contributed by atoms with Crippen LogP contribution in [0, 0.1) is 12.4 Å². The van der Waals surface area contributed by atoms with Crippen molar-refractivity contribution in [1.29, 1.82) is 0 Å². The van der Waals surface area contributed by atoms with Crippen LogP contribution < -0.4 is 0 Å². The second-order valence-corrected chi connectivity index (χ2v) is 10.6. The first-order valence-corrected chi connectivity index (χ1v) is 12.9. The minimum Gasteiger partial charge on any atom is -0.333 e. The van der Waals surface area contributed by atoms with Gasteiger partial charge in [0.1, 0.15) is 5.82 Å². The average molecular weight is 566 g/mol. The minimum absolute atomic E-state index is 0.00375. The van der Waals surface area contributed by atoms with Gasteiger partial charge in [0.05, 0.1) is 18.1 Å². The van der Waals surface area contributed by atoms with E-state index >= 15 is 0 Å². The summed E-state index contributed by atoms with van der Waals surface area (Å²) < 4.78 is 57.9. The van der Waals surface area contributed by atoms with Crippen LogP contribution in [0.3, 0.4) is 0 Å². The van der Waals surface area contributed by atoms with Gasteiger partial charge < -0.3 is 9.80 Å². The lowest BCUT2D eigenvalue weighted by molar-refractivity contribution is -0.141. The second-order valence-electron chi connectivity index (χ2n) is 9.11. The van der Waals surface area contributed by atoms with Crippen LogP contribution >= 0.6 is 22.9 Å². The summed E-state index contributed by atoms with van der Waals surface area (Å²) in [7, 11) is 3.72. The summed E-state index contributed by atoms with van der Waals surface area (Å²) in [6, 6.07) is 3.78. The molecule has 0 aliphatic carbocycles. The number of alkyl halides is 3. The number of carbonyl (C=O) groups is 1. The highest BCUT2D eigenvalue weighted by atomic mass is 35.5. The van der Waals surface area contributed by atoms with Crippen LogP contribution in [0.4, 0.5) is 22.6 Å². The summed E-state index contributed by atoms with van der Waals surface area (Å²) in [5.41, 5.74) is -0.528. The molecule has 6 nitrogen and oxygen atoms in total. The Hall–Kier alpha value is -3.20. The Bertz CT molecular complexity index is 1440. The highest BCUT2D eigenvalue weighted by Gasteiger charge is 2.40. The topological polar surface area (TPSA) is 45.7 Å². The molecule has 1 aromatic carbocycles. The quantitative estimate of drug-likeness (QED) is 0.193. The van der Waals surface area contributed by atoms with Crippen molar-refractivity contribution in [2.45, 2.75) is 32.1 Å². The van der Waals surface area contributed by atoms with Gasteiger partial charge in [-0.3, -0.25) is 9.48 Å². The number of thiophene rings is 1. The van der Waals surface area contributed by atoms with Gasteiger partial charge >= 0.3 is 6.18 Å². The molecule has 12 heteroatoms. The fourth-order valence-electron chi connectivity index (χ4n) is 4.49. The smallest absolute Gasteiger partial charge is 0.333 e. The van der Waals surface area contributed by atoms with Crippen molar-refractivity contribution in [3.05, 3.63) is 80.5 Å². The second kappa shape index (κ2) is 10.9. The Labute approximate surface area is 226 Å². The number of fused-ring (bicyclic) bond motifs is 1. The number of benzene rings is 1. The van der Waals surface area contributed by atoms with E-state index in [9.17, 15) is 22.4 Å². The Morgan fingerprint density at radius 2 is 2.05 bits per heavy atom. The largest absolute Gasteiger partial charge is 0.435 e. The Morgan fingerprint density at radius 3 is 2.68 bits per heavy atom. The van der Waals surface area contributed by atoms with Gasteiger partial charge in [0.25, 0.3) is 0 Å². The summed E-state index contributed by atoms with van der Waals surface area (Å²) in [4.78, 5) is 20.7. The van der Waals surface area contributed by atoms with Crippen molar-refractivity contribution >= 4 is 33.8 Å². The molecule has 3 heterocycles. The molecular weight excluding hydrogens is 542 g/mol. The molecular formula is C26H24ClF4N5OS. The first-order chi connectivity index (χ1) is 17.9. The molecule has 3 aromatic rings. The van der Waals surface area contributed by atoms with Crippen molar-refractivity contribution < 1.29 is 22.4 Å². The van der Waals surface area contributed by atoms with Crippen LogP contribution in [-0.4, -0.2) is 52.7 Å². The van der Waals surface area contributed by atoms with Gasteiger partial charge in [0.15, 0.2) is 5.69 Å². The Balaban J connectivity index is 1.90. The lowest BCUT2D eigenvalue weighted by Gasteiger charge is -2.34. The molecule has 0 spiro atoms. The summed E-state index contributed by atoms with van der Waals surface area (Å²) in [5, 5.41) is 3.88. The van der Waals surface area contributed by atoms with E-state index in [0.717, 1.165) is 16.8 Å². The third-order valence-electron chi connectivity index (χ3n) is 6.18. The highest BCUT2D eigenvalue weighted by molar-refractivity contribution is 7.16. The molecule has 1 unspecified atom stereocenters. The van der Waals surface area contributed by atoms with Crippen LogP contribution in [0.1, 0.15) is 34.5 Å². The monoisotopic (exact) mass is 565 g/mol. The maximum Gasteiger partial charge on any atom is 0.435 e. The first kappa shape index (κ1) is 27.8. The normalized spacial score (nSPS) is 15.8. The van der Waals surface area contributed by atoms with E-state index in [2.05, 4.69) is 9.94 Å². The highest BCUT2D eigenvalue weighted by Crippen LogP contribution is 2.48. The summed E-state index contributed by atoms with van der Waals surface area (Å²) >= 11 is 7.64. The van der Waals surface area contributed by atoms with Crippen molar-refractivity contribution in [2.24, 2.45) is 0 Å². The van der Waals surface area contributed by atoms with Crippen molar-refractivity contribution in [2.75, 3.05) is 27.2 Å². The third kappa shape index (κ3) is 5.62. The molecule has 1 atom stereocenters. The van der Waals surface area contributed by atoms with E-state index in [0.29, 0.717) is 22.0 Å². The van der Waals surface area contributed by atoms with Crippen molar-refractivity contribution in [3.8, 4) is 11.1 Å². The van der Waals surface area contributed by atoms with Gasteiger partial charge in [-0.1, -0.05) is 17.7 Å². The molecule has 1 aliphatic rings. The van der Waals surface area contributed by atoms with Gasteiger partial charge in [-0.05, 0) is 50.3 Å². The maximum atomic E-state index is 14.8. The van der Waals surface area contributed by atoms with Crippen LogP contribution in [0.25, 0.3) is 16.0 Å². The molecule has 0 radical (unpaired) electrons. The fraction of sp³-hybridized carbons (Fsp3) is 0.346. The predicted octanol–water partition coefficient (Wildman–Crippen LogP) is 6.59. The third-order valence-corrected chi connectivity index (χ3v) is 7.51. The minimum atomic E-state index is -4.78. The number of carbonyl (C=O) groups excluding carboxylic acids is 1. The average Bonchev–Trinajstić information content (AvgIpc) is 3.46. The molecule has 0 N–H and O–H groups in total. The van der Waals surface area contributed by atoms with E-state index < -0.39 is 23.6 Å². The van der Waals surface area contributed by atoms with Crippen molar-refractivity contribution in [1.82, 2.24) is 19.6 Å². The zero-order valence-corrected chi connectivity index (χ0v) is 22.4. The van der Waals surface area contributed by atoms with Gasteiger partial charge in [-0.15, -0.1) is 0 Å². The molecule has 0 saturated heterocycles. The molecule has 2 aromatic heterocycles. The number of hydrogen-bond acceptors (Lipinski definition) is 4. The zero-order valence-electron chi connectivity index (χ0n) is 20.8. The lowest BCUT2D eigenvalue weighted by atomic mass is 9.83. The number of amides is 1. The van der Waals surface area contributed by atoms with Gasteiger partial charge in [0.2, 0.25) is 10.9 Å². The molecule has 0 fully saturated rings. The molecule has 0 bridgehead atoms. The Kier molecular flexibility index (Phi) is 7.97. The van der Waals surface area contributed by atoms with Gasteiger partial charge in [0, 0.05) is 53.8 Å².